The number of anilines is 1. The molecule has 0 saturated carbocycles. The van der Waals surface area contributed by atoms with Crippen LogP contribution in [0.25, 0.3) is 11.1 Å². The highest BCUT2D eigenvalue weighted by Gasteiger charge is 2.11. The van der Waals surface area contributed by atoms with Crippen molar-refractivity contribution in [1.82, 2.24) is 10.6 Å². The van der Waals surface area contributed by atoms with Gasteiger partial charge in [-0.1, -0.05) is 36.4 Å². The molecule has 0 aromatic heterocycles. The average Bonchev–Trinajstić information content (AvgIpc) is 2.58. The molecule has 0 bridgehead atoms. The fourth-order valence-electron chi connectivity index (χ4n) is 2.33. The smallest absolute Gasteiger partial charge is 0.234 e. The van der Waals surface area contributed by atoms with Crippen LogP contribution in [0.3, 0.4) is 0 Å². The molecule has 0 atom stereocenters. The van der Waals surface area contributed by atoms with Crippen LogP contribution in [0, 0.1) is 5.41 Å². The van der Waals surface area contributed by atoms with E-state index in [2.05, 4.69) is 16.0 Å². The summed E-state index contributed by atoms with van der Waals surface area (Å²) < 4.78 is 0. The maximum Gasteiger partial charge on any atom is 0.234 e. The molecule has 0 aliphatic rings. The van der Waals surface area contributed by atoms with E-state index in [9.17, 15) is 4.79 Å². The molecular formula is C20H27N5O. The van der Waals surface area contributed by atoms with Gasteiger partial charge in [0.1, 0.15) is 0 Å². The zero-order valence-electron chi connectivity index (χ0n) is 15.5. The SMILES string of the molecule is CC(C)(C)NCC(=O)NCc1ccc(-c2ccc(NC(=N)N)cc2)cc1. The van der Waals surface area contributed by atoms with Crippen LogP contribution in [0.1, 0.15) is 26.3 Å². The Bertz CT molecular complexity index is 745. The largest absolute Gasteiger partial charge is 0.370 e. The molecule has 6 N–H and O–H groups in total. The molecule has 2 aromatic rings. The number of rotatable bonds is 6. The van der Waals surface area contributed by atoms with Crippen LogP contribution >= 0.6 is 0 Å². The van der Waals surface area contributed by atoms with E-state index in [0.29, 0.717) is 13.1 Å². The lowest BCUT2D eigenvalue weighted by Crippen LogP contribution is -2.43. The van der Waals surface area contributed by atoms with Crippen molar-refractivity contribution in [1.29, 1.82) is 5.41 Å². The summed E-state index contributed by atoms with van der Waals surface area (Å²) in [6, 6.07) is 15.8. The van der Waals surface area contributed by atoms with Crippen molar-refractivity contribution in [3.05, 3.63) is 54.1 Å². The van der Waals surface area contributed by atoms with Gasteiger partial charge in [0, 0.05) is 17.8 Å². The van der Waals surface area contributed by atoms with Crippen molar-refractivity contribution in [3.63, 3.8) is 0 Å². The minimum atomic E-state index is -0.0816. The van der Waals surface area contributed by atoms with Gasteiger partial charge in [-0.3, -0.25) is 10.2 Å². The number of nitrogens with two attached hydrogens (primary N) is 1. The third kappa shape index (κ3) is 6.57. The zero-order valence-corrected chi connectivity index (χ0v) is 15.5. The third-order valence-electron chi connectivity index (χ3n) is 3.72. The van der Waals surface area contributed by atoms with E-state index < -0.39 is 0 Å². The van der Waals surface area contributed by atoms with Crippen molar-refractivity contribution in [2.24, 2.45) is 5.73 Å². The molecule has 0 aliphatic carbocycles. The van der Waals surface area contributed by atoms with E-state index in [4.69, 9.17) is 11.1 Å². The molecule has 138 valence electrons. The van der Waals surface area contributed by atoms with E-state index in [1.807, 2.05) is 69.3 Å². The molecule has 6 heteroatoms. The second kappa shape index (κ2) is 8.49. The number of carbonyl (C=O) groups is 1. The topological polar surface area (TPSA) is 103 Å². The van der Waals surface area contributed by atoms with Crippen LogP contribution in [0.5, 0.6) is 0 Å². The lowest BCUT2D eigenvalue weighted by molar-refractivity contribution is -0.120. The Morgan fingerprint density at radius 1 is 1.00 bits per heavy atom. The maximum atomic E-state index is 11.9. The molecule has 0 aliphatic heterocycles. The average molecular weight is 353 g/mol. The molecule has 0 heterocycles. The first-order chi connectivity index (χ1) is 12.2. The second-order valence-electron chi connectivity index (χ2n) is 7.19. The first-order valence-electron chi connectivity index (χ1n) is 8.55. The molecule has 0 unspecified atom stereocenters. The monoisotopic (exact) mass is 353 g/mol. The summed E-state index contributed by atoms with van der Waals surface area (Å²) in [6.45, 7) is 6.90. The second-order valence-corrected chi connectivity index (χ2v) is 7.19. The van der Waals surface area contributed by atoms with Gasteiger partial charge in [0.25, 0.3) is 0 Å². The molecule has 2 rings (SSSR count). The number of hydrogen-bond acceptors (Lipinski definition) is 3. The van der Waals surface area contributed by atoms with Gasteiger partial charge in [0.05, 0.1) is 6.54 Å². The van der Waals surface area contributed by atoms with Gasteiger partial charge in [-0.05, 0) is 49.6 Å². The normalized spacial score (nSPS) is 11.0. The summed E-state index contributed by atoms with van der Waals surface area (Å²) in [4.78, 5) is 11.9. The van der Waals surface area contributed by atoms with Crippen LogP contribution in [-0.2, 0) is 11.3 Å². The summed E-state index contributed by atoms with van der Waals surface area (Å²) in [6.07, 6.45) is 0. The van der Waals surface area contributed by atoms with Crippen LogP contribution in [0.2, 0.25) is 0 Å². The van der Waals surface area contributed by atoms with Gasteiger partial charge >= 0.3 is 0 Å². The molecule has 0 saturated heterocycles. The minimum absolute atomic E-state index is 0.0161. The first-order valence-corrected chi connectivity index (χ1v) is 8.55. The van der Waals surface area contributed by atoms with E-state index in [-0.39, 0.29) is 17.4 Å². The number of benzene rings is 2. The van der Waals surface area contributed by atoms with Crippen LogP contribution in [-0.4, -0.2) is 24.0 Å². The molecule has 0 spiro atoms. The van der Waals surface area contributed by atoms with Crippen LogP contribution in [0.4, 0.5) is 5.69 Å². The molecule has 6 nitrogen and oxygen atoms in total. The summed E-state index contributed by atoms with van der Waals surface area (Å²) in [5.41, 5.74) is 9.23. The standard InChI is InChI=1S/C20H27N5O/c1-20(2,3)24-13-18(26)23-12-14-4-6-15(7-5-14)16-8-10-17(11-9-16)25-19(21)22/h4-11,24H,12-13H2,1-3H3,(H,23,26)(H4,21,22,25). The highest BCUT2D eigenvalue weighted by molar-refractivity contribution is 5.90. The van der Waals surface area contributed by atoms with Gasteiger partial charge in [-0.2, -0.15) is 0 Å². The van der Waals surface area contributed by atoms with Gasteiger partial charge in [0.2, 0.25) is 5.91 Å². The number of carbonyl (C=O) groups excluding carboxylic acids is 1. The Morgan fingerprint density at radius 2 is 1.54 bits per heavy atom. The van der Waals surface area contributed by atoms with E-state index >= 15 is 0 Å². The number of guanidine groups is 1. The van der Waals surface area contributed by atoms with Crippen molar-refractivity contribution < 1.29 is 4.79 Å². The fourth-order valence-corrected chi connectivity index (χ4v) is 2.33. The minimum Gasteiger partial charge on any atom is -0.370 e. The molecule has 1 amide bonds. The summed E-state index contributed by atoms with van der Waals surface area (Å²) >= 11 is 0. The molecular weight excluding hydrogens is 326 g/mol. The summed E-state index contributed by atoms with van der Waals surface area (Å²) in [5.74, 6) is -0.0978. The Balaban J connectivity index is 1.89. The van der Waals surface area contributed by atoms with E-state index in [1.165, 1.54) is 0 Å². The lowest BCUT2D eigenvalue weighted by atomic mass is 10.0. The Labute approximate surface area is 154 Å². The summed E-state index contributed by atoms with van der Waals surface area (Å²) in [7, 11) is 0. The van der Waals surface area contributed by atoms with E-state index in [0.717, 1.165) is 22.4 Å². The number of nitrogens with one attached hydrogen (secondary N) is 4. The van der Waals surface area contributed by atoms with Gasteiger partial charge < -0.3 is 21.7 Å². The molecule has 26 heavy (non-hydrogen) atoms. The van der Waals surface area contributed by atoms with Crippen molar-refractivity contribution in [2.75, 3.05) is 11.9 Å². The Morgan fingerprint density at radius 3 is 2.04 bits per heavy atom. The number of amides is 1. The Hall–Kier alpha value is -2.86. The molecule has 0 fully saturated rings. The van der Waals surface area contributed by atoms with Gasteiger partial charge in [-0.15, -0.1) is 0 Å². The zero-order chi connectivity index (χ0) is 19.2. The van der Waals surface area contributed by atoms with Gasteiger partial charge in [0.15, 0.2) is 5.96 Å². The van der Waals surface area contributed by atoms with Crippen LogP contribution in [0.15, 0.2) is 48.5 Å². The Kier molecular flexibility index (Phi) is 6.36. The molecule has 2 aromatic carbocycles. The van der Waals surface area contributed by atoms with Crippen LogP contribution < -0.4 is 21.7 Å². The highest BCUT2D eigenvalue weighted by Crippen LogP contribution is 2.21. The van der Waals surface area contributed by atoms with E-state index in [1.54, 1.807) is 0 Å². The predicted octanol–water partition coefficient (Wildman–Crippen LogP) is 2.66. The predicted molar refractivity (Wildman–Crippen MR) is 107 cm³/mol. The quantitative estimate of drug-likeness (QED) is 0.407. The number of hydrogen-bond donors (Lipinski definition) is 5. The summed E-state index contributed by atoms with van der Waals surface area (Å²) in [5, 5.41) is 16.1. The van der Waals surface area contributed by atoms with Crippen molar-refractivity contribution in [3.8, 4) is 11.1 Å². The molecule has 0 radical (unpaired) electrons. The maximum absolute atomic E-state index is 11.9. The first kappa shape index (κ1) is 19.5. The van der Waals surface area contributed by atoms with Crippen molar-refractivity contribution in [2.45, 2.75) is 32.9 Å². The third-order valence-corrected chi connectivity index (χ3v) is 3.72. The highest BCUT2D eigenvalue weighted by atomic mass is 16.1. The van der Waals surface area contributed by atoms with Crippen molar-refractivity contribution >= 4 is 17.6 Å². The lowest BCUT2D eigenvalue weighted by Gasteiger charge is -2.20. The van der Waals surface area contributed by atoms with Gasteiger partial charge in [-0.25, -0.2) is 0 Å². The fraction of sp³-hybridized carbons (Fsp3) is 0.300.